The largest absolute Gasteiger partial charge is 0.357 e. The first-order valence-corrected chi connectivity index (χ1v) is 11.3. The molecular weight excluding hydrogens is 342 g/mol. The van der Waals surface area contributed by atoms with Crippen LogP contribution in [-0.2, 0) is 13.6 Å². The van der Waals surface area contributed by atoms with E-state index < -0.39 is 0 Å². The minimum absolute atomic E-state index is 0.322. The van der Waals surface area contributed by atoms with Crippen molar-refractivity contribution in [2.75, 3.05) is 37.7 Å². The molecule has 3 rings (SSSR count). The van der Waals surface area contributed by atoms with Gasteiger partial charge in [-0.15, -0.1) is 0 Å². The molecule has 2 heterocycles. The van der Waals surface area contributed by atoms with Gasteiger partial charge >= 0.3 is 0 Å². The molecule has 1 aliphatic heterocycles. The van der Waals surface area contributed by atoms with E-state index in [9.17, 15) is 0 Å². The molecular formula is C20H35N5S. The van der Waals surface area contributed by atoms with Crippen LogP contribution in [0.5, 0.6) is 0 Å². The molecule has 0 spiro atoms. The molecule has 2 aliphatic rings. The van der Waals surface area contributed by atoms with Gasteiger partial charge in [0.05, 0.1) is 6.54 Å². The Morgan fingerprint density at radius 3 is 2.62 bits per heavy atom. The number of aliphatic imine (C=N–C) groups is 1. The van der Waals surface area contributed by atoms with Crippen molar-refractivity contribution in [2.24, 2.45) is 12.0 Å². The van der Waals surface area contributed by atoms with Gasteiger partial charge in [-0.1, -0.05) is 19.3 Å². The predicted octanol–water partition coefficient (Wildman–Crippen LogP) is 2.83. The van der Waals surface area contributed by atoms with E-state index in [1.807, 2.05) is 0 Å². The number of rotatable bonds is 6. The highest BCUT2D eigenvalue weighted by Crippen LogP contribution is 2.34. The molecule has 2 N–H and O–H groups in total. The molecule has 0 atom stereocenters. The smallest absolute Gasteiger partial charge is 0.191 e. The Kier molecular flexibility index (Phi) is 7.32. The van der Waals surface area contributed by atoms with Crippen LogP contribution in [0.2, 0.25) is 0 Å². The normalized spacial score (nSPS) is 21.5. The lowest BCUT2D eigenvalue weighted by atomic mass is 9.80. The van der Waals surface area contributed by atoms with E-state index in [1.165, 1.54) is 62.3 Å². The van der Waals surface area contributed by atoms with Gasteiger partial charge in [-0.05, 0) is 31.4 Å². The second kappa shape index (κ2) is 9.70. The zero-order chi connectivity index (χ0) is 18.2. The van der Waals surface area contributed by atoms with E-state index in [1.54, 1.807) is 0 Å². The molecule has 26 heavy (non-hydrogen) atoms. The monoisotopic (exact) mass is 377 g/mol. The molecule has 1 aliphatic carbocycles. The van der Waals surface area contributed by atoms with Gasteiger partial charge in [-0.25, -0.2) is 4.99 Å². The van der Waals surface area contributed by atoms with Crippen molar-refractivity contribution in [1.29, 1.82) is 0 Å². The van der Waals surface area contributed by atoms with Crippen molar-refractivity contribution in [3.8, 4) is 0 Å². The van der Waals surface area contributed by atoms with Crippen molar-refractivity contribution in [3.63, 3.8) is 0 Å². The molecule has 1 aromatic heterocycles. The number of hydrogen-bond donors (Lipinski definition) is 2. The van der Waals surface area contributed by atoms with Crippen LogP contribution >= 0.6 is 11.8 Å². The molecule has 6 heteroatoms. The van der Waals surface area contributed by atoms with Crippen molar-refractivity contribution < 1.29 is 0 Å². The molecule has 1 saturated heterocycles. The van der Waals surface area contributed by atoms with Crippen LogP contribution in [0.3, 0.4) is 0 Å². The van der Waals surface area contributed by atoms with Crippen molar-refractivity contribution in [1.82, 2.24) is 20.1 Å². The molecule has 0 radical (unpaired) electrons. The van der Waals surface area contributed by atoms with Gasteiger partial charge in [-0.3, -0.25) is 4.90 Å². The molecule has 5 nitrogen and oxygen atoms in total. The Labute approximate surface area is 163 Å². The molecule has 0 unspecified atom stereocenters. The van der Waals surface area contributed by atoms with Gasteiger partial charge in [-0.2, -0.15) is 11.8 Å². The molecule has 2 fully saturated rings. The van der Waals surface area contributed by atoms with Crippen LogP contribution < -0.4 is 10.6 Å². The molecule has 0 bridgehead atoms. The van der Waals surface area contributed by atoms with Crippen molar-refractivity contribution in [2.45, 2.75) is 51.1 Å². The van der Waals surface area contributed by atoms with Crippen LogP contribution in [-0.4, -0.2) is 58.7 Å². The maximum atomic E-state index is 4.82. The van der Waals surface area contributed by atoms with Crippen LogP contribution in [0, 0.1) is 0 Å². The Morgan fingerprint density at radius 2 is 1.96 bits per heavy atom. The standard InChI is InChI=1S/C20H35N5S/c1-3-21-19(22-15-18-7-10-24(2)16-18)23-17-20(8-5-4-6-9-20)25-11-13-26-14-12-25/h7,10,16H,3-6,8-9,11-15,17H2,1-2H3,(H2,21,22,23). The first kappa shape index (κ1) is 19.6. The van der Waals surface area contributed by atoms with Gasteiger partial charge in [0, 0.05) is 62.7 Å². The minimum Gasteiger partial charge on any atom is -0.357 e. The lowest BCUT2D eigenvalue weighted by Gasteiger charge is -2.48. The zero-order valence-corrected chi connectivity index (χ0v) is 17.3. The Morgan fingerprint density at radius 1 is 1.19 bits per heavy atom. The average Bonchev–Trinajstić information content (AvgIpc) is 3.11. The van der Waals surface area contributed by atoms with Gasteiger partial charge in [0.1, 0.15) is 0 Å². The average molecular weight is 378 g/mol. The maximum Gasteiger partial charge on any atom is 0.191 e. The Bertz CT molecular complexity index is 571. The Hall–Kier alpha value is -1.14. The lowest BCUT2D eigenvalue weighted by Crippen LogP contribution is -2.59. The quantitative estimate of drug-likeness (QED) is 0.591. The zero-order valence-electron chi connectivity index (χ0n) is 16.5. The molecule has 1 aromatic rings. The van der Waals surface area contributed by atoms with Crippen LogP contribution in [0.4, 0.5) is 0 Å². The van der Waals surface area contributed by atoms with E-state index >= 15 is 0 Å². The summed E-state index contributed by atoms with van der Waals surface area (Å²) in [7, 11) is 2.06. The number of nitrogens with one attached hydrogen (secondary N) is 2. The molecule has 0 amide bonds. The van der Waals surface area contributed by atoms with Crippen molar-refractivity contribution in [3.05, 3.63) is 24.0 Å². The fourth-order valence-corrected chi connectivity index (χ4v) is 5.17. The van der Waals surface area contributed by atoms with E-state index in [-0.39, 0.29) is 0 Å². The number of aryl methyl sites for hydroxylation is 1. The van der Waals surface area contributed by atoms with Gasteiger partial charge < -0.3 is 15.2 Å². The molecule has 1 saturated carbocycles. The third-order valence-electron chi connectivity index (χ3n) is 5.71. The van der Waals surface area contributed by atoms with E-state index in [2.05, 4.69) is 64.3 Å². The SMILES string of the molecule is CCNC(=NCc1ccn(C)c1)NCC1(N2CCSCC2)CCCCC1. The van der Waals surface area contributed by atoms with Gasteiger partial charge in [0.25, 0.3) is 0 Å². The number of thioether (sulfide) groups is 1. The summed E-state index contributed by atoms with van der Waals surface area (Å²) in [6, 6.07) is 2.14. The predicted molar refractivity (Wildman–Crippen MR) is 113 cm³/mol. The number of hydrogen-bond acceptors (Lipinski definition) is 3. The summed E-state index contributed by atoms with van der Waals surface area (Å²) in [5.41, 5.74) is 1.58. The molecule has 0 aromatic carbocycles. The summed E-state index contributed by atoms with van der Waals surface area (Å²) in [6.07, 6.45) is 11.0. The van der Waals surface area contributed by atoms with Gasteiger partial charge in [0.15, 0.2) is 5.96 Å². The van der Waals surface area contributed by atoms with E-state index in [0.29, 0.717) is 5.54 Å². The van der Waals surface area contributed by atoms with Crippen LogP contribution in [0.15, 0.2) is 23.5 Å². The minimum atomic E-state index is 0.322. The van der Waals surface area contributed by atoms with Crippen LogP contribution in [0.25, 0.3) is 0 Å². The molecule has 146 valence electrons. The summed E-state index contributed by atoms with van der Waals surface area (Å²) >= 11 is 2.10. The second-order valence-electron chi connectivity index (χ2n) is 7.62. The fourth-order valence-electron chi connectivity index (χ4n) is 4.27. The lowest BCUT2D eigenvalue weighted by molar-refractivity contribution is 0.0626. The summed E-state index contributed by atoms with van der Waals surface area (Å²) in [5.74, 6) is 3.51. The van der Waals surface area contributed by atoms with Gasteiger partial charge in [0.2, 0.25) is 0 Å². The third-order valence-corrected chi connectivity index (χ3v) is 6.65. The van der Waals surface area contributed by atoms with Crippen molar-refractivity contribution >= 4 is 17.7 Å². The van der Waals surface area contributed by atoms with Crippen LogP contribution in [0.1, 0.15) is 44.6 Å². The second-order valence-corrected chi connectivity index (χ2v) is 8.84. The fraction of sp³-hybridized carbons (Fsp3) is 0.750. The van der Waals surface area contributed by atoms with E-state index in [0.717, 1.165) is 25.6 Å². The highest BCUT2D eigenvalue weighted by Gasteiger charge is 2.38. The first-order valence-electron chi connectivity index (χ1n) is 10.2. The number of aromatic nitrogens is 1. The highest BCUT2D eigenvalue weighted by atomic mass is 32.2. The first-order chi connectivity index (χ1) is 12.7. The summed E-state index contributed by atoms with van der Waals surface area (Å²) in [6.45, 7) is 7.25. The number of guanidine groups is 1. The number of nitrogens with zero attached hydrogens (tertiary/aromatic N) is 3. The maximum absolute atomic E-state index is 4.82. The summed E-state index contributed by atoms with van der Waals surface area (Å²) in [4.78, 5) is 7.59. The third kappa shape index (κ3) is 5.19. The summed E-state index contributed by atoms with van der Waals surface area (Å²) in [5, 5.41) is 7.12. The Balaban J connectivity index is 1.64. The van der Waals surface area contributed by atoms with E-state index in [4.69, 9.17) is 4.99 Å². The highest BCUT2D eigenvalue weighted by molar-refractivity contribution is 7.99. The summed E-state index contributed by atoms with van der Waals surface area (Å²) < 4.78 is 2.08. The topological polar surface area (TPSA) is 44.6 Å².